The van der Waals surface area contributed by atoms with Crippen LogP contribution in [0.5, 0.6) is 0 Å². The molecule has 0 amide bonds. The summed E-state index contributed by atoms with van der Waals surface area (Å²) in [6.07, 6.45) is 9.10. The Morgan fingerprint density at radius 2 is 2.12 bits per heavy atom. The van der Waals surface area contributed by atoms with Crippen LogP contribution < -0.4 is 10.6 Å². The summed E-state index contributed by atoms with van der Waals surface area (Å²) in [5.41, 5.74) is 4.59. The lowest BCUT2D eigenvalue weighted by Gasteiger charge is -2.51. The van der Waals surface area contributed by atoms with Gasteiger partial charge < -0.3 is 20.8 Å². The lowest BCUT2D eigenvalue weighted by molar-refractivity contribution is -0.140. The summed E-state index contributed by atoms with van der Waals surface area (Å²) in [5, 5.41) is 25.3. The first kappa shape index (κ1) is 24.9. The van der Waals surface area contributed by atoms with E-state index in [2.05, 4.69) is 49.6 Å². The number of aliphatic hydroxyl groups is 1. The molecule has 0 spiro atoms. The van der Waals surface area contributed by atoms with Gasteiger partial charge in [0.1, 0.15) is 11.9 Å². The number of allylic oxidation sites excluding steroid dienone is 1. The summed E-state index contributed by atoms with van der Waals surface area (Å²) in [7, 11) is 0. The molecule has 34 heavy (non-hydrogen) atoms. The topological polar surface area (TPSA) is 107 Å². The van der Waals surface area contributed by atoms with Crippen LogP contribution >= 0.6 is 0 Å². The lowest BCUT2D eigenvalue weighted by Crippen LogP contribution is -2.53. The standard InChI is InChI=1S/C27H40N4O3/c1-17-13-18(2)31-27(3,23(17)16-29-24(10-12-32)26(33)34)21-14-19(15-21)6-8-22-9-7-20-5-4-11-28-25(20)30-22/h7,9,13,19,21,23-24,29,32H,4-6,8,10-12,14-16H2,1-3H3,(H,28,30)(H,33,34)/t19-,21+,23?,24-,27?/m0/s1. The minimum Gasteiger partial charge on any atom is -0.480 e. The smallest absolute Gasteiger partial charge is 0.320 e. The van der Waals surface area contributed by atoms with Gasteiger partial charge in [0.25, 0.3) is 0 Å². The maximum absolute atomic E-state index is 11.5. The molecule has 7 heteroatoms. The second-order valence-corrected chi connectivity index (χ2v) is 10.6. The van der Waals surface area contributed by atoms with Crippen molar-refractivity contribution in [1.82, 2.24) is 10.3 Å². The van der Waals surface area contributed by atoms with Crippen molar-refractivity contribution in [1.29, 1.82) is 0 Å². The number of nitrogens with zero attached hydrogens (tertiary/aromatic N) is 2. The van der Waals surface area contributed by atoms with Gasteiger partial charge in [-0.3, -0.25) is 9.79 Å². The van der Waals surface area contributed by atoms with Crippen molar-refractivity contribution in [3.63, 3.8) is 0 Å². The van der Waals surface area contributed by atoms with Gasteiger partial charge in [-0.2, -0.15) is 0 Å². The fourth-order valence-corrected chi connectivity index (χ4v) is 6.14. The minimum atomic E-state index is -0.914. The Morgan fingerprint density at radius 3 is 2.85 bits per heavy atom. The number of fused-ring (bicyclic) bond motifs is 1. The molecule has 3 aliphatic rings. The molecule has 0 radical (unpaired) electrons. The number of aromatic nitrogens is 1. The molecule has 4 rings (SSSR count). The van der Waals surface area contributed by atoms with Crippen LogP contribution in [-0.4, -0.2) is 58.2 Å². The van der Waals surface area contributed by atoms with Crippen molar-refractivity contribution in [2.75, 3.05) is 25.0 Å². The molecule has 4 N–H and O–H groups in total. The van der Waals surface area contributed by atoms with Gasteiger partial charge in [-0.05, 0) is 95.3 Å². The van der Waals surface area contributed by atoms with E-state index in [-0.39, 0.29) is 24.5 Å². The molecule has 1 aromatic heterocycles. The fourth-order valence-electron chi connectivity index (χ4n) is 6.14. The fraction of sp³-hybridized carbons (Fsp3) is 0.667. The van der Waals surface area contributed by atoms with Crippen LogP contribution in [-0.2, 0) is 17.6 Å². The number of carboxylic acids is 1. The zero-order valence-electron chi connectivity index (χ0n) is 20.8. The van der Waals surface area contributed by atoms with Crippen LogP contribution in [0.25, 0.3) is 0 Å². The van der Waals surface area contributed by atoms with Gasteiger partial charge in [-0.25, -0.2) is 4.98 Å². The van der Waals surface area contributed by atoms with E-state index in [1.807, 2.05) is 0 Å². The molecule has 1 fully saturated rings. The highest BCUT2D eigenvalue weighted by Crippen LogP contribution is 2.50. The molecule has 1 aliphatic carbocycles. The molecule has 2 aliphatic heterocycles. The number of rotatable bonds is 10. The summed E-state index contributed by atoms with van der Waals surface area (Å²) in [5.74, 6) is 1.48. The van der Waals surface area contributed by atoms with Gasteiger partial charge in [-0.15, -0.1) is 0 Å². The van der Waals surface area contributed by atoms with Crippen LogP contribution in [0.15, 0.2) is 28.8 Å². The van der Waals surface area contributed by atoms with Crippen molar-refractivity contribution in [2.45, 2.75) is 77.3 Å². The average Bonchev–Trinajstić information content (AvgIpc) is 2.76. The Morgan fingerprint density at radius 1 is 1.32 bits per heavy atom. The zero-order chi connectivity index (χ0) is 24.3. The Kier molecular flexibility index (Phi) is 7.73. The first-order valence-electron chi connectivity index (χ1n) is 12.8. The number of aliphatic carboxylic acids is 1. The number of dihydropyridines is 1. The summed E-state index contributed by atoms with van der Waals surface area (Å²) >= 11 is 0. The number of hydrogen-bond donors (Lipinski definition) is 4. The molecule has 3 heterocycles. The highest BCUT2D eigenvalue weighted by molar-refractivity contribution is 5.94. The molecule has 0 bridgehead atoms. The van der Waals surface area contributed by atoms with E-state index in [1.54, 1.807) is 0 Å². The minimum absolute atomic E-state index is 0.141. The van der Waals surface area contributed by atoms with Crippen molar-refractivity contribution < 1.29 is 15.0 Å². The molecular weight excluding hydrogens is 428 g/mol. The predicted octanol–water partition coefficient (Wildman–Crippen LogP) is 3.62. The Bertz CT molecular complexity index is 953. The van der Waals surface area contributed by atoms with Gasteiger partial charge >= 0.3 is 5.97 Å². The van der Waals surface area contributed by atoms with E-state index < -0.39 is 12.0 Å². The Balaban J connectivity index is 1.35. The van der Waals surface area contributed by atoms with E-state index in [0.29, 0.717) is 18.4 Å². The second kappa shape index (κ2) is 10.6. The molecule has 3 atom stereocenters. The number of carboxylic acid groups (broad SMARTS) is 1. The van der Waals surface area contributed by atoms with E-state index >= 15 is 0 Å². The van der Waals surface area contributed by atoms with Crippen LogP contribution in [0, 0.1) is 17.8 Å². The quantitative estimate of drug-likeness (QED) is 0.418. The van der Waals surface area contributed by atoms with Gasteiger partial charge in [0, 0.05) is 37.0 Å². The van der Waals surface area contributed by atoms with Crippen LogP contribution in [0.4, 0.5) is 5.82 Å². The number of carbonyl (C=O) groups is 1. The van der Waals surface area contributed by atoms with Gasteiger partial charge in [0.15, 0.2) is 0 Å². The predicted molar refractivity (Wildman–Crippen MR) is 135 cm³/mol. The van der Waals surface area contributed by atoms with Crippen LogP contribution in [0.3, 0.4) is 0 Å². The summed E-state index contributed by atoms with van der Waals surface area (Å²) in [6.45, 7) is 7.87. The molecule has 0 aromatic carbocycles. The van der Waals surface area contributed by atoms with Gasteiger partial charge in [-0.1, -0.05) is 11.6 Å². The van der Waals surface area contributed by atoms with Crippen LogP contribution in [0.2, 0.25) is 0 Å². The third kappa shape index (κ3) is 5.36. The third-order valence-corrected chi connectivity index (χ3v) is 8.22. The molecule has 1 aromatic rings. The molecule has 1 saturated carbocycles. The average molecular weight is 469 g/mol. The van der Waals surface area contributed by atoms with Crippen LogP contribution in [0.1, 0.15) is 64.1 Å². The zero-order valence-corrected chi connectivity index (χ0v) is 20.8. The largest absolute Gasteiger partial charge is 0.480 e. The summed E-state index contributed by atoms with van der Waals surface area (Å²) < 4.78 is 0. The molecule has 0 saturated heterocycles. The first-order valence-corrected chi connectivity index (χ1v) is 12.8. The number of pyridine rings is 1. The lowest BCUT2D eigenvalue weighted by atomic mass is 9.59. The number of nitrogens with one attached hydrogen (secondary N) is 2. The molecular formula is C27H40N4O3. The number of hydrogen-bond acceptors (Lipinski definition) is 6. The number of aliphatic hydroxyl groups excluding tert-OH is 1. The first-order chi connectivity index (χ1) is 16.3. The van der Waals surface area contributed by atoms with Crippen molar-refractivity contribution >= 4 is 17.5 Å². The SMILES string of the molecule is CC1=CC(C)=NC(C)([C@H]2C[C@@H](CCc3ccc4c(n3)NCCC4)C2)C1CN[C@@H](CCO)C(=O)O. The molecule has 186 valence electrons. The maximum atomic E-state index is 11.5. The number of aliphatic imine (C=N–C) groups is 1. The van der Waals surface area contributed by atoms with Crippen molar-refractivity contribution in [3.8, 4) is 0 Å². The second-order valence-electron chi connectivity index (χ2n) is 10.6. The van der Waals surface area contributed by atoms with E-state index in [9.17, 15) is 15.0 Å². The molecule has 7 nitrogen and oxygen atoms in total. The monoisotopic (exact) mass is 468 g/mol. The Labute approximate surface area is 203 Å². The van der Waals surface area contributed by atoms with Crippen molar-refractivity contribution in [2.24, 2.45) is 22.7 Å². The highest BCUT2D eigenvalue weighted by atomic mass is 16.4. The summed E-state index contributed by atoms with van der Waals surface area (Å²) in [4.78, 5) is 21.5. The van der Waals surface area contributed by atoms with E-state index in [0.717, 1.165) is 50.2 Å². The highest BCUT2D eigenvalue weighted by Gasteiger charge is 2.48. The molecule has 2 unspecified atom stereocenters. The normalized spacial score (nSPS) is 29.2. The van der Waals surface area contributed by atoms with Gasteiger partial charge in [0.2, 0.25) is 0 Å². The maximum Gasteiger partial charge on any atom is 0.320 e. The van der Waals surface area contributed by atoms with E-state index in [4.69, 9.17) is 9.98 Å². The van der Waals surface area contributed by atoms with Gasteiger partial charge in [0.05, 0.1) is 5.54 Å². The number of anilines is 1. The van der Waals surface area contributed by atoms with E-state index in [1.165, 1.54) is 23.3 Å². The summed E-state index contributed by atoms with van der Waals surface area (Å²) in [6, 6.07) is 3.70. The number of aryl methyl sites for hydroxylation is 2. The van der Waals surface area contributed by atoms with Crippen molar-refractivity contribution in [3.05, 3.63) is 35.0 Å². The third-order valence-electron chi connectivity index (χ3n) is 8.22. The Hall–Kier alpha value is -2.25.